The molecule has 3 rings (SSSR count). The molecule has 0 spiro atoms. The van der Waals surface area contributed by atoms with Crippen LogP contribution in [-0.4, -0.2) is 6.21 Å². The van der Waals surface area contributed by atoms with Crippen LogP contribution in [0.2, 0.25) is 5.02 Å². The molecule has 0 saturated heterocycles. The van der Waals surface area contributed by atoms with Gasteiger partial charge in [-0.2, -0.15) is 5.10 Å². The highest BCUT2D eigenvalue weighted by atomic mass is 35.5. The topological polar surface area (TPSA) is 33.6 Å². The summed E-state index contributed by atoms with van der Waals surface area (Å²) in [6.45, 7) is 2.49. The summed E-state index contributed by atoms with van der Waals surface area (Å²) in [6.07, 6.45) is 1.74. The summed E-state index contributed by atoms with van der Waals surface area (Å²) in [4.78, 5) is 0. The molecule has 0 unspecified atom stereocenters. The number of halogens is 1. The minimum absolute atomic E-state index is 0.521. The highest BCUT2D eigenvalue weighted by molar-refractivity contribution is 6.31. The Balaban J connectivity index is 1.66. The Labute approximate surface area is 152 Å². The molecule has 3 nitrogen and oxygen atoms in total. The molecule has 0 radical (unpaired) electrons. The highest BCUT2D eigenvalue weighted by Crippen LogP contribution is 2.20. The van der Waals surface area contributed by atoms with Crippen LogP contribution in [0.3, 0.4) is 0 Å². The zero-order valence-electron chi connectivity index (χ0n) is 13.9. The van der Waals surface area contributed by atoms with Gasteiger partial charge in [-0.15, -0.1) is 0 Å². The number of para-hydroxylation sites is 1. The van der Waals surface area contributed by atoms with Crippen molar-refractivity contribution in [3.8, 4) is 5.75 Å². The van der Waals surface area contributed by atoms with Crippen LogP contribution >= 0.6 is 11.6 Å². The molecule has 0 aliphatic carbocycles. The van der Waals surface area contributed by atoms with E-state index in [1.54, 1.807) is 6.21 Å². The predicted molar refractivity (Wildman–Crippen MR) is 105 cm³/mol. The Morgan fingerprint density at radius 1 is 1.00 bits per heavy atom. The van der Waals surface area contributed by atoms with Gasteiger partial charge in [-0.1, -0.05) is 60.1 Å². The predicted octanol–water partition coefficient (Wildman–Crippen LogP) is 5.67. The van der Waals surface area contributed by atoms with Gasteiger partial charge in [-0.25, -0.2) is 0 Å². The summed E-state index contributed by atoms with van der Waals surface area (Å²) in [5, 5.41) is 5.00. The zero-order chi connectivity index (χ0) is 17.5. The lowest BCUT2D eigenvalue weighted by molar-refractivity contribution is 0.306. The molecule has 0 heterocycles. The van der Waals surface area contributed by atoms with E-state index in [-0.39, 0.29) is 0 Å². The molecular weight excluding hydrogens is 332 g/mol. The van der Waals surface area contributed by atoms with Crippen molar-refractivity contribution < 1.29 is 4.74 Å². The van der Waals surface area contributed by atoms with Crippen LogP contribution in [0.1, 0.15) is 16.7 Å². The van der Waals surface area contributed by atoms with Crippen LogP contribution in [0.4, 0.5) is 5.69 Å². The summed E-state index contributed by atoms with van der Waals surface area (Å²) < 4.78 is 5.92. The summed E-state index contributed by atoms with van der Waals surface area (Å²) >= 11 is 6.12. The Morgan fingerprint density at radius 3 is 2.56 bits per heavy atom. The third-order valence-electron chi connectivity index (χ3n) is 3.73. The Kier molecular flexibility index (Phi) is 5.70. The van der Waals surface area contributed by atoms with E-state index in [1.807, 2.05) is 79.7 Å². The number of hydrogen-bond acceptors (Lipinski definition) is 3. The van der Waals surface area contributed by atoms with Gasteiger partial charge in [0.1, 0.15) is 12.4 Å². The van der Waals surface area contributed by atoms with Gasteiger partial charge < -0.3 is 4.74 Å². The van der Waals surface area contributed by atoms with E-state index in [1.165, 1.54) is 0 Å². The van der Waals surface area contributed by atoms with Crippen LogP contribution in [0.5, 0.6) is 5.75 Å². The Morgan fingerprint density at radius 2 is 1.76 bits per heavy atom. The molecule has 0 atom stereocenters. The molecule has 4 heteroatoms. The van der Waals surface area contributed by atoms with Gasteiger partial charge in [0.05, 0.1) is 11.9 Å². The minimum Gasteiger partial charge on any atom is -0.488 e. The molecule has 25 heavy (non-hydrogen) atoms. The lowest BCUT2D eigenvalue weighted by Gasteiger charge is -2.09. The van der Waals surface area contributed by atoms with Crippen molar-refractivity contribution in [2.24, 2.45) is 5.10 Å². The number of ether oxygens (including phenoxy) is 1. The molecule has 126 valence electrons. The number of benzene rings is 3. The smallest absolute Gasteiger partial charge is 0.128 e. The number of nitrogens with one attached hydrogen (secondary N) is 1. The van der Waals surface area contributed by atoms with Crippen LogP contribution < -0.4 is 10.2 Å². The summed E-state index contributed by atoms with van der Waals surface area (Å²) in [6, 6.07) is 23.6. The van der Waals surface area contributed by atoms with Gasteiger partial charge in [0.25, 0.3) is 0 Å². The van der Waals surface area contributed by atoms with Crippen LogP contribution in [0.25, 0.3) is 0 Å². The molecule has 0 amide bonds. The first kappa shape index (κ1) is 17.1. The number of hydrogen-bond donors (Lipinski definition) is 1. The van der Waals surface area contributed by atoms with E-state index >= 15 is 0 Å². The fourth-order valence-corrected chi connectivity index (χ4v) is 2.47. The molecule has 0 aliphatic rings. The lowest BCUT2D eigenvalue weighted by atomic mass is 10.2. The van der Waals surface area contributed by atoms with Crippen LogP contribution in [0.15, 0.2) is 77.9 Å². The molecular formula is C21H19ClN2O. The molecule has 0 aliphatic heterocycles. The molecule has 1 N–H and O–H groups in total. The Hall–Kier alpha value is -2.78. The zero-order valence-corrected chi connectivity index (χ0v) is 14.7. The molecule has 0 saturated carbocycles. The van der Waals surface area contributed by atoms with Gasteiger partial charge in [0, 0.05) is 10.6 Å². The lowest BCUT2D eigenvalue weighted by Crippen LogP contribution is -1.99. The fraction of sp³-hybridized carbons (Fsp3) is 0.0952. The Bertz CT molecular complexity index is 863. The number of aryl methyl sites for hydroxylation is 1. The maximum absolute atomic E-state index is 6.12. The summed E-state index contributed by atoms with van der Waals surface area (Å²) in [7, 11) is 0. The average molecular weight is 351 g/mol. The van der Waals surface area contributed by atoms with Crippen LogP contribution in [0, 0.1) is 6.92 Å². The first-order chi connectivity index (χ1) is 12.2. The maximum Gasteiger partial charge on any atom is 0.128 e. The fourth-order valence-electron chi connectivity index (χ4n) is 2.29. The van der Waals surface area contributed by atoms with Crippen LogP contribution in [-0.2, 0) is 6.61 Å². The molecule has 3 aromatic carbocycles. The monoisotopic (exact) mass is 350 g/mol. The van der Waals surface area contributed by atoms with Gasteiger partial charge in [-0.05, 0) is 42.3 Å². The molecule has 3 aromatic rings. The summed E-state index contributed by atoms with van der Waals surface area (Å²) in [5.74, 6) is 0.791. The summed E-state index contributed by atoms with van der Waals surface area (Å²) in [5.41, 5.74) is 6.90. The van der Waals surface area contributed by atoms with E-state index in [9.17, 15) is 0 Å². The molecule has 0 bridgehead atoms. The van der Waals surface area contributed by atoms with Crippen molar-refractivity contribution >= 4 is 23.5 Å². The van der Waals surface area contributed by atoms with Gasteiger partial charge >= 0.3 is 0 Å². The van der Waals surface area contributed by atoms with Crippen molar-refractivity contribution in [2.45, 2.75) is 13.5 Å². The van der Waals surface area contributed by atoms with E-state index < -0.39 is 0 Å². The van der Waals surface area contributed by atoms with Crippen molar-refractivity contribution in [3.63, 3.8) is 0 Å². The van der Waals surface area contributed by atoms with Crippen molar-refractivity contribution in [1.29, 1.82) is 0 Å². The minimum atomic E-state index is 0.521. The van der Waals surface area contributed by atoms with Crippen molar-refractivity contribution in [3.05, 3.63) is 94.5 Å². The molecule has 0 fully saturated rings. The number of rotatable bonds is 6. The van der Waals surface area contributed by atoms with E-state index in [2.05, 4.69) is 10.5 Å². The number of anilines is 1. The van der Waals surface area contributed by atoms with Gasteiger partial charge in [-0.3, -0.25) is 5.43 Å². The average Bonchev–Trinajstić information content (AvgIpc) is 2.65. The van der Waals surface area contributed by atoms with Crippen molar-refractivity contribution in [2.75, 3.05) is 5.43 Å². The van der Waals surface area contributed by atoms with E-state index in [0.29, 0.717) is 11.6 Å². The second kappa shape index (κ2) is 8.36. The van der Waals surface area contributed by atoms with E-state index in [4.69, 9.17) is 16.3 Å². The van der Waals surface area contributed by atoms with E-state index in [0.717, 1.165) is 28.1 Å². The first-order valence-electron chi connectivity index (χ1n) is 8.03. The number of nitrogens with zero attached hydrogens (tertiary/aromatic N) is 1. The maximum atomic E-state index is 6.12. The van der Waals surface area contributed by atoms with Crippen molar-refractivity contribution in [1.82, 2.24) is 0 Å². The highest BCUT2D eigenvalue weighted by Gasteiger charge is 2.01. The normalized spacial score (nSPS) is 10.8. The second-order valence-corrected chi connectivity index (χ2v) is 6.05. The van der Waals surface area contributed by atoms with Gasteiger partial charge in [0.2, 0.25) is 0 Å². The molecule has 0 aromatic heterocycles. The largest absolute Gasteiger partial charge is 0.488 e. The number of hydrazone groups is 1. The second-order valence-electron chi connectivity index (χ2n) is 5.65. The quantitative estimate of drug-likeness (QED) is 0.458. The third kappa shape index (κ3) is 4.85. The SMILES string of the molecule is Cc1ccc(N/N=C\c2ccccc2OCc2ccccc2)cc1Cl. The van der Waals surface area contributed by atoms with Gasteiger partial charge in [0.15, 0.2) is 0 Å². The third-order valence-corrected chi connectivity index (χ3v) is 4.13. The first-order valence-corrected chi connectivity index (χ1v) is 8.41. The standard InChI is InChI=1S/C21H19ClN2O/c1-16-11-12-19(13-20(16)22)24-23-14-18-9-5-6-10-21(18)25-15-17-7-3-2-4-8-17/h2-14,24H,15H2,1H3/b23-14-.